The van der Waals surface area contributed by atoms with E-state index in [1.807, 2.05) is 18.2 Å². The van der Waals surface area contributed by atoms with E-state index in [4.69, 9.17) is 4.74 Å². The molecular formula is C22H28N4O4. The second-order valence-electron chi connectivity index (χ2n) is 7.55. The van der Waals surface area contributed by atoms with Gasteiger partial charge in [-0.25, -0.2) is 4.79 Å². The van der Waals surface area contributed by atoms with Crippen LogP contribution in [0, 0.1) is 0 Å². The number of rotatable bonds is 6. The van der Waals surface area contributed by atoms with Gasteiger partial charge in [0, 0.05) is 57.6 Å². The van der Waals surface area contributed by atoms with Crippen LogP contribution in [0.4, 0.5) is 0 Å². The summed E-state index contributed by atoms with van der Waals surface area (Å²) in [4.78, 5) is 38.5. The van der Waals surface area contributed by atoms with Gasteiger partial charge in [-0.05, 0) is 25.0 Å². The third-order valence-electron chi connectivity index (χ3n) is 5.41. The highest BCUT2D eigenvalue weighted by Gasteiger charge is 2.21. The van der Waals surface area contributed by atoms with Crippen LogP contribution in [-0.2, 0) is 25.4 Å². The van der Waals surface area contributed by atoms with Crippen molar-refractivity contribution in [3.05, 3.63) is 68.5 Å². The van der Waals surface area contributed by atoms with Gasteiger partial charge in [-0.15, -0.1) is 0 Å². The number of benzene rings is 1. The molecule has 0 bridgehead atoms. The number of ether oxygens (including phenoxy) is 1. The third kappa shape index (κ3) is 5.07. The van der Waals surface area contributed by atoms with Crippen LogP contribution in [0.2, 0.25) is 0 Å². The van der Waals surface area contributed by atoms with E-state index in [0.29, 0.717) is 5.56 Å². The maximum Gasteiger partial charge on any atom is 0.330 e. The van der Waals surface area contributed by atoms with Gasteiger partial charge in [0.25, 0.3) is 5.56 Å². The highest BCUT2D eigenvalue weighted by molar-refractivity contribution is 5.91. The van der Waals surface area contributed by atoms with Crippen molar-refractivity contribution in [2.75, 3.05) is 20.2 Å². The van der Waals surface area contributed by atoms with E-state index < -0.39 is 11.2 Å². The maximum absolute atomic E-state index is 12.3. The number of nitrogens with zero attached hydrogens (tertiary/aromatic N) is 3. The lowest BCUT2D eigenvalue weighted by atomic mass is 10.0. The molecule has 2 aromatic rings. The average Bonchev–Trinajstić information content (AvgIpc) is 2.75. The fraction of sp³-hybridized carbons (Fsp3) is 0.409. The van der Waals surface area contributed by atoms with Gasteiger partial charge >= 0.3 is 5.69 Å². The van der Waals surface area contributed by atoms with Gasteiger partial charge in [-0.3, -0.25) is 19.1 Å². The first-order chi connectivity index (χ1) is 14.4. The Bertz CT molecular complexity index is 1050. The molecule has 1 aliphatic rings. The van der Waals surface area contributed by atoms with Crippen LogP contribution in [0.25, 0.3) is 6.08 Å². The number of methoxy groups -OCH3 is 1. The molecule has 1 fully saturated rings. The second kappa shape index (κ2) is 9.58. The molecule has 0 saturated carbocycles. The summed E-state index contributed by atoms with van der Waals surface area (Å²) in [5.41, 5.74) is 0.624. The molecule has 0 spiro atoms. The van der Waals surface area contributed by atoms with Crippen LogP contribution in [0.5, 0.6) is 5.75 Å². The van der Waals surface area contributed by atoms with Crippen molar-refractivity contribution in [1.29, 1.82) is 0 Å². The Morgan fingerprint density at radius 3 is 2.60 bits per heavy atom. The summed E-state index contributed by atoms with van der Waals surface area (Å²) >= 11 is 0. The first kappa shape index (κ1) is 21.6. The molecule has 0 aliphatic carbocycles. The van der Waals surface area contributed by atoms with Gasteiger partial charge in [0.1, 0.15) is 5.75 Å². The molecule has 1 amide bonds. The predicted molar refractivity (Wildman–Crippen MR) is 115 cm³/mol. The molecule has 0 atom stereocenters. The quantitative estimate of drug-likeness (QED) is 0.712. The molecular weight excluding hydrogens is 384 g/mol. The summed E-state index contributed by atoms with van der Waals surface area (Å²) in [5.74, 6) is 0.650. The lowest BCUT2D eigenvalue weighted by Gasteiger charge is -2.32. The summed E-state index contributed by atoms with van der Waals surface area (Å²) in [6.07, 6.45) is 5.95. The minimum Gasteiger partial charge on any atom is -0.496 e. The van der Waals surface area contributed by atoms with Gasteiger partial charge in [-0.2, -0.15) is 0 Å². The van der Waals surface area contributed by atoms with E-state index in [0.717, 1.165) is 48.4 Å². The van der Waals surface area contributed by atoms with Crippen LogP contribution in [0.3, 0.4) is 0 Å². The van der Waals surface area contributed by atoms with Crippen molar-refractivity contribution in [2.45, 2.75) is 25.4 Å². The monoisotopic (exact) mass is 412 g/mol. The third-order valence-corrected chi connectivity index (χ3v) is 5.41. The van der Waals surface area contributed by atoms with Crippen LogP contribution in [-0.4, -0.2) is 46.2 Å². The largest absolute Gasteiger partial charge is 0.496 e. The molecule has 1 aromatic carbocycles. The zero-order valence-electron chi connectivity index (χ0n) is 17.6. The molecule has 8 nitrogen and oxygen atoms in total. The zero-order chi connectivity index (χ0) is 21.7. The van der Waals surface area contributed by atoms with Gasteiger partial charge in [0.05, 0.1) is 12.7 Å². The first-order valence-corrected chi connectivity index (χ1v) is 9.98. The summed E-state index contributed by atoms with van der Waals surface area (Å²) in [6, 6.07) is 8.10. The molecule has 2 heterocycles. The van der Waals surface area contributed by atoms with Gasteiger partial charge in [-0.1, -0.05) is 18.2 Å². The highest BCUT2D eigenvalue weighted by Crippen LogP contribution is 2.21. The Kier molecular flexibility index (Phi) is 6.89. The SMILES string of the molecule is COc1ccccc1CN1CCC(NC(=O)C=Cc2cn(C)c(=O)n(C)c2=O)CC1. The second-order valence-corrected chi connectivity index (χ2v) is 7.55. The fourth-order valence-corrected chi connectivity index (χ4v) is 3.68. The molecule has 1 N–H and O–H groups in total. The van der Waals surface area contributed by atoms with E-state index in [1.165, 1.54) is 30.0 Å². The fourth-order valence-electron chi connectivity index (χ4n) is 3.68. The number of aromatic nitrogens is 2. The smallest absolute Gasteiger partial charge is 0.330 e. The zero-order valence-corrected chi connectivity index (χ0v) is 17.6. The molecule has 8 heteroatoms. The lowest BCUT2D eigenvalue weighted by molar-refractivity contribution is -0.117. The number of nitrogens with one attached hydrogen (secondary N) is 1. The van der Waals surface area contributed by atoms with Gasteiger partial charge < -0.3 is 14.6 Å². The predicted octanol–water partition coefficient (Wildman–Crippen LogP) is 0.887. The molecule has 0 radical (unpaired) electrons. The number of likely N-dealkylation sites (tertiary alicyclic amines) is 1. The molecule has 0 unspecified atom stereocenters. The number of piperidine rings is 1. The Hall–Kier alpha value is -3.13. The molecule has 1 saturated heterocycles. The van der Waals surface area contributed by atoms with Gasteiger partial charge in [0.15, 0.2) is 0 Å². The number of para-hydroxylation sites is 1. The average molecular weight is 412 g/mol. The van der Waals surface area contributed by atoms with E-state index in [9.17, 15) is 14.4 Å². The van der Waals surface area contributed by atoms with Crippen molar-refractivity contribution < 1.29 is 9.53 Å². The minimum atomic E-state index is -0.424. The standard InChI is InChI=1S/C22H28N4O4/c1-24-14-17(21(28)25(2)22(24)29)8-9-20(27)23-18-10-12-26(13-11-18)15-16-6-4-5-7-19(16)30-3/h4-9,14,18H,10-13,15H2,1-3H3,(H,23,27). The Balaban J connectivity index is 1.53. The summed E-state index contributed by atoms with van der Waals surface area (Å²) < 4.78 is 7.76. The molecule has 1 aliphatic heterocycles. The van der Waals surface area contributed by atoms with Gasteiger partial charge in [0.2, 0.25) is 5.91 Å². The highest BCUT2D eigenvalue weighted by atomic mass is 16.5. The Morgan fingerprint density at radius 2 is 1.90 bits per heavy atom. The van der Waals surface area contributed by atoms with E-state index in [-0.39, 0.29) is 11.9 Å². The van der Waals surface area contributed by atoms with Crippen molar-refractivity contribution in [1.82, 2.24) is 19.4 Å². The van der Waals surface area contributed by atoms with Crippen LogP contribution >= 0.6 is 0 Å². The van der Waals surface area contributed by atoms with Crippen LogP contribution < -0.4 is 21.3 Å². The van der Waals surface area contributed by atoms with Crippen LogP contribution in [0.1, 0.15) is 24.0 Å². The van der Waals surface area contributed by atoms with Crippen molar-refractivity contribution in [3.8, 4) is 5.75 Å². The number of carbonyl (C=O) groups excluding carboxylic acids is 1. The normalized spacial score (nSPS) is 15.4. The lowest BCUT2D eigenvalue weighted by Crippen LogP contribution is -2.44. The minimum absolute atomic E-state index is 0.0963. The van der Waals surface area contributed by atoms with E-state index in [2.05, 4.69) is 16.3 Å². The van der Waals surface area contributed by atoms with Crippen LogP contribution in [0.15, 0.2) is 46.1 Å². The summed E-state index contributed by atoms with van der Waals surface area (Å²) in [6.45, 7) is 2.59. The van der Waals surface area contributed by atoms with E-state index in [1.54, 1.807) is 14.2 Å². The Labute approximate surface area is 175 Å². The van der Waals surface area contributed by atoms with Crippen molar-refractivity contribution in [2.24, 2.45) is 14.1 Å². The van der Waals surface area contributed by atoms with Crippen molar-refractivity contribution >= 4 is 12.0 Å². The molecule has 160 valence electrons. The Morgan fingerprint density at radius 1 is 1.20 bits per heavy atom. The number of carbonyl (C=O) groups is 1. The number of amides is 1. The molecule has 3 rings (SSSR count). The number of aryl methyl sites for hydroxylation is 1. The molecule has 1 aromatic heterocycles. The van der Waals surface area contributed by atoms with Crippen molar-refractivity contribution in [3.63, 3.8) is 0 Å². The number of hydrogen-bond acceptors (Lipinski definition) is 5. The number of hydrogen-bond donors (Lipinski definition) is 1. The first-order valence-electron chi connectivity index (χ1n) is 9.98. The summed E-state index contributed by atoms with van der Waals surface area (Å²) in [7, 11) is 4.66. The maximum atomic E-state index is 12.3. The van der Waals surface area contributed by atoms with E-state index >= 15 is 0 Å². The summed E-state index contributed by atoms with van der Waals surface area (Å²) in [5, 5.41) is 3.00. The topological polar surface area (TPSA) is 85.6 Å². The molecule has 30 heavy (non-hydrogen) atoms.